The van der Waals surface area contributed by atoms with Crippen LogP contribution in [0.2, 0.25) is 0 Å². The van der Waals surface area contributed by atoms with Gasteiger partial charge in [0.1, 0.15) is 5.69 Å². The Labute approximate surface area is 216 Å². The molecular formula is C31H31N3OS. The summed E-state index contributed by atoms with van der Waals surface area (Å²) in [6, 6.07) is 24.5. The van der Waals surface area contributed by atoms with Crippen LogP contribution in [0.1, 0.15) is 37.9 Å². The Kier molecular flexibility index (Phi) is 6.43. The van der Waals surface area contributed by atoms with E-state index in [0.29, 0.717) is 18.4 Å². The number of rotatable bonds is 7. The van der Waals surface area contributed by atoms with Gasteiger partial charge in [0.25, 0.3) is 5.88 Å². The predicted molar refractivity (Wildman–Crippen MR) is 152 cm³/mol. The van der Waals surface area contributed by atoms with E-state index in [9.17, 15) is 0 Å². The van der Waals surface area contributed by atoms with Gasteiger partial charge in [-0.05, 0) is 55.8 Å². The topological polar surface area (TPSA) is 38.3 Å². The third-order valence-corrected chi connectivity index (χ3v) is 7.97. The van der Waals surface area contributed by atoms with Crippen molar-refractivity contribution in [3.05, 3.63) is 84.1 Å². The molecule has 0 saturated heterocycles. The third kappa shape index (κ3) is 4.38. The van der Waals surface area contributed by atoms with Crippen LogP contribution < -0.4 is 4.74 Å². The lowest BCUT2D eigenvalue weighted by molar-refractivity contribution is 0.248. The highest BCUT2D eigenvalue weighted by Gasteiger charge is 2.21. The van der Waals surface area contributed by atoms with Crippen molar-refractivity contribution >= 4 is 49.6 Å². The minimum atomic E-state index is 0.511. The van der Waals surface area contributed by atoms with E-state index in [0.717, 1.165) is 38.2 Å². The van der Waals surface area contributed by atoms with E-state index in [-0.39, 0.29) is 0 Å². The van der Waals surface area contributed by atoms with Crippen molar-refractivity contribution in [3.8, 4) is 5.88 Å². The predicted octanol–water partition coefficient (Wildman–Crippen LogP) is 7.71. The van der Waals surface area contributed by atoms with Gasteiger partial charge in [-0.25, -0.2) is 0 Å². The number of hydrogen-bond donors (Lipinski definition) is 0. The van der Waals surface area contributed by atoms with Gasteiger partial charge in [0.2, 0.25) is 0 Å². The van der Waals surface area contributed by atoms with Crippen LogP contribution >= 0.6 is 11.7 Å². The lowest BCUT2D eigenvalue weighted by Gasteiger charge is -2.27. The van der Waals surface area contributed by atoms with E-state index in [1.807, 2.05) is 0 Å². The molecule has 0 bridgehead atoms. The smallest absolute Gasteiger partial charge is 0.253 e. The molecule has 1 aliphatic rings. The molecule has 0 saturated carbocycles. The summed E-state index contributed by atoms with van der Waals surface area (Å²) < 4.78 is 15.1. The summed E-state index contributed by atoms with van der Waals surface area (Å²) in [6.07, 6.45) is 4.42. The van der Waals surface area contributed by atoms with E-state index in [1.54, 1.807) is 0 Å². The molecular weight excluding hydrogens is 462 g/mol. The normalized spacial score (nSPS) is 15.4. The summed E-state index contributed by atoms with van der Waals surface area (Å²) in [6.45, 7) is 7.89. The lowest BCUT2D eigenvalue weighted by atomic mass is 9.94. The summed E-state index contributed by atoms with van der Waals surface area (Å²) in [5, 5.41) is 7.91. The van der Waals surface area contributed by atoms with E-state index >= 15 is 0 Å². The van der Waals surface area contributed by atoms with Gasteiger partial charge in [-0.15, -0.1) is 4.37 Å². The van der Waals surface area contributed by atoms with Gasteiger partial charge in [0, 0.05) is 19.6 Å². The Bertz CT molecular complexity index is 1570. The second-order valence-electron chi connectivity index (χ2n) is 9.93. The number of benzene rings is 4. The van der Waals surface area contributed by atoms with Crippen molar-refractivity contribution in [1.82, 2.24) is 13.6 Å². The maximum Gasteiger partial charge on any atom is 0.253 e. The Morgan fingerprint density at radius 1 is 0.889 bits per heavy atom. The van der Waals surface area contributed by atoms with Gasteiger partial charge in [-0.2, -0.15) is 4.37 Å². The standard InChI is InChI=1S/C31H31N3OS/c1-3-21(2)20-35-31-30(32-36-33-31)24-10-7-17-34(19-24)18-23-9-6-12-27-26(23)15-16-28-25-11-5-4-8-22(25)13-14-29(27)28/h4-6,8-16,21H,3,7,17-20H2,1-2H3. The lowest BCUT2D eigenvalue weighted by Crippen LogP contribution is -2.29. The van der Waals surface area contributed by atoms with Crippen molar-refractivity contribution in [1.29, 1.82) is 0 Å². The number of fused-ring (bicyclic) bond motifs is 5. The molecule has 0 aliphatic carbocycles. The Morgan fingerprint density at radius 2 is 1.67 bits per heavy atom. The molecule has 182 valence electrons. The zero-order valence-electron chi connectivity index (χ0n) is 20.9. The van der Waals surface area contributed by atoms with E-state index < -0.39 is 0 Å². The minimum absolute atomic E-state index is 0.511. The average molecular weight is 494 g/mol. The first kappa shape index (κ1) is 23.1. The van der Waals surface area contributed by atoms with Crippen molar-refractivity contribution in [2.45, 2.75) is 33.2 Å². The quantitative estimate of drug-likeness (QED) is 0.218. The fourth-order valence-corrected chi connectivity index (χ4v) is 5.75. The van der Waals surface area contributed by atoms with Crippen LogP contribution in [0.5, 0.6) is 5.88 Å². The first-order valence-corrected chi connectivity index (χ1v) is 13.6. The van der Waals surface area contributed by atoms with E-state index in [4.69, 9.17) is 4.74 Å². The van der Waals surface area contributed by atoms with Gasteiger partial charge >= 0.3 is 0 Å². The average Bonchev–Trinajstić information content (AvgIpc) is 3.40. The highest BCUT2D eigenvalue weighted by molar-refractivity contribution is 6.99. The number of hydrogen-bond acceptors (Lipinski definition) is 5. The van der Waals surface area contributed by atoms with Crippen LogP contribution in [0.4, 0.5) is 0 Å². The molecule has 6 rings (SSSR count). The van der Waals surface area contributed by atoms with Crippen LogP contribution in [-0.4, -0.2) is 33.3 Å². The molecule has 0 spiro atoms. The molecule has 36 heavy (non-hydrogen) atoms. The number of nitrogens with zero attached hydrogens (tertiary/aromatic N) is 3. The van der Waals surface area contributed by atoms with E-state index in [2.05, 4.69) is 100 Å². The van der Waals surface area contributed by atoms with Gasteiger partial charge in [-0.1, -0.05) is 93.1 Å². The number of aromatic nitrogens is 2. The molecule has 0 N–H and O–H groups in total. The van der Waals surface area contributed by atoms with E-state index in [1.165, 1.54) is 55.2 Å². The monoisotopic (exact) mass is 493 g/mol. The molecule has 0 radical (unpaired) electrons. The molecule has 0 amide bonds. The second-order valence-corrected chi connectivity index (χ2v) is 10.5. The molecule has 4 aromatic carbocycles. The molecule has 1 aliphatic heterocycles. The van der Waals surface area contributed by atoms with Crippen LogP contribution in [0.15, 0.2) is 72.8 Å². The van der Waals surface area contributed by atoms with Gasteiger partial charge < -0.3 is 4.74 Å². The first-order chi connectivity index (χ1) is 17.7. The van der Waals surface area contributed by atoms with Crippen molar-refractivity contribution in [3.63, 3.8) is 0 Å². The highest BCUT2D eigenvalue weighted by Crippen LogP contribution is 2.34. The molecule has 5 heteroatoms. The SMILES string of the molecule is CCC(C)COc1nsnc1C1=CCCN(Cc2cccc3c2ccc2c4ccccc4ccc32)C1. The van der Waals surface area contributed by atoms with Crippen LogP contribution in [0, 0.1) is 5.92 Å². The molecule has 1 atom stereocenters. The third-order valence-electron chi connectivity index (χ3n) is 7.46. The molecule has 2 heterocycles. The van der Waals surface area contributed by atoms with Gasteiger partial charge in [0.15, 0.2) is 0 Å². The fourth-order valence-electron chi connectivity index (χ4n) is 5.22. The second kappa shape index (κ2) is 10.00. The fraction of sp³-hybridized carbons (Fsp3) is 0.290. The highest BCUT2D eigenvalue weighted by atomic mass is 32.1. The van der Waals surface area contributed by atoms with Gasteiger partial charge in [-0.3, -0.25) is 4.90 Å². The maximum absolute atomic E-state index is 6.04. The Balaban J connectivity index is 1.27. The molecule has 1 unspecified atom stereocenters. The number of ether oxygens (including phenoxy) is 1. The zero-order valence-corrected chi connectivity index (χ0v) is 21.7. The Hall–Kier alpha value is -3.28. The summed E-state index contributed by atoms with van der Waals surface area (Å²) >= 11 is 1.24. The van der Waals surface area contributed by atoms with Crippen LogP contribution in [0.3, 0.4) is 0 Å². The summed E-state index contributed by atoms with van der Waals surface area (Å²) in [5.41, 5.74) is 3.52. The molecule has 1 aromatic heterocycles. The summed E-state index contributed by atoms with van der Waals surface area (Å²) in [4.78, 5) is 2.52. The molecule has 4 nitrogen and oxygen atoms in total. The zero-order chi connectivity index (χ0) is 24.5. The first-order valence-electron chi connectivity index (χ1n) is 12.9. The van der Waals surface area contributed by atoms with Gasteiger partial charge in [0.05, 0.1) is 18.3 Å². The van der Waals surface area contributed by atoms with Crippen LogP contribution in [0.25, 0.3) is 37.9 Å². The molecule has 5 aromatic rings. The largest absolute Gasteiger partial charge is 0.475 e. The van der Waals surface area contributed by atoms with Crippen LogP contribution in [-0.2, 0) is 6.54 Å². The summed E-state index contributed by atoms with van der Waals surface area (Å²) in [5.74, 6) is 1.20. The summed E-state index contributed by atoms with van der Waals surface area (Å²) in [7, 11) is 0. The van der Waals surface area contributed by atoms with Crippen molar-refractivity contribution in [2.24, 2.45) is 5.92 Å². The Morgan fingerprint density at radius 3 is 2.58 bits per heavy atom. The van der Waals surface area contributed by atoms with Crippen molar-refractivity contribution < 1.29 is 4.74 Å². The van der Waals surface area contributed by atoms with Crippen molar-refractivity contribution in [2.75, 3.05) is 19.7 Å². The maximum atomic E-state index is 6.04. The molecule has 0 fully saturated rings. The minimum Gasteiger partial charge on any atom is -0.475 e.